The Labute approximate surface area is 128 Å². The molecular formula is C16H19N5O. The third kappa shape index (κ3) is 2.60. The fraction of sp³-hybridized carbons (Fsp3) is 0.250. The van der Waals surface area contributed by atoms with Gasteiger partial charge in [-0.25, -0.2) is 4.98 Å². The highest BCUT2D eigenvalue weighted by Gasteiger charge is 2.12. The Hall–Kier alpha value is -2.60. The van der Waals surface area contributed by atoms with Gasteiger partial charge in [-0.05, 0) is 49.7 Å². The third-order valence-corrected chi connectivity index (χ3v) is 3.67. The van der Waals surface area contributed by atoms with Crippen molar-refractivity contribution in [2.75, 3.05) is 12.3 Å². The van der Waals surface area contributed by atoms with Crippen molar-refractivity contribution < 1.29 is 5.11 Å². The highest BCUT2D eigenvalue weighted by Crippen LogP contribution is 2.23. The van der Waals surface area contributed by atoms with E-state index in [0.717, 1.165) is 28.7 Å². The summed E-state index contributed by atoms with van der Waals surface area (Å²) < 4.78 is 1.86. The summed E-state index contributed by atoms with van der Waals surface area (Å²) in [5.41, 5.74) is 16.0. The molecule has 0 fully saturated rings. The number of aryl methyl sites for hydroxylation is 1. The van der Waals surface area contributed by atoms with Crippen LogP contribution in [0.3, 0.4) is 0 Å². The molecule has 0 saturated carbocycles. The van der Waals surface area contributed by atoms with E-state index in [4.69, 9.17) is 11.5 Å². The minimum Gasteiger partial charge on any atom is -0.506 e. The summed E-state index contributed by atoms with van der Waals surface area (Å²) in [5.74, 6) is 0.563. The second kappa shape index (κ2) is 5.65. The predicted molar refractivity (Wildman–Crippen MR) is 86.6 cm³/mol. The number of hydrogen-bond donors (Lipinski definition) is 3. The van der Waals surface area contributed by atoms with Crippen LogP contribution in [0.25, 0.3) is 11.0 Å². The third-order valence-electron chi connectivity index (χ3n) is 3.67. The van der Waals surface area contributed by atoms with Crippen LogP contribution in [0.2, 0.25) is 0 Å². The zero-order chi connectivity index (χ0) is 15.7. The van der Waals surface area contributed by atoms with Crippen molar-refractivity contribution in [3.63, 3.8) is 0 Å². The van der Waals surface area contributed by atoms with Gasteiger partial charge in [0.15, 0.2) is 0 Å². The SMILES string of the molecule is Cc1ccc(O)c(Cn2c(N)nc3ccc(CCN)cc32)n1. The molecule has 0 saturated heterocycles. The molecule has 0 unspecified atom stereocenters. The average Bonchev–Trinajstić information content (AvgIpc) is 2.79. The molecule has 0 aliphatic rings. The molecule has 22 heavy (non-hydrogen) atoms. The van der Waals surface area contributed by atoms with E-state index in [1.165, 1.54) is 0 Å². The Morgan fingerprint density at radius 1 is 1.18 bits per heavy atom. The van der Waals surface area contributed by atoms with Crippen LogP contribution in [0.1, 0.15) is 17.0 Å². The van der Waals surface area contributed by atoms with Gasteiger partial charge in [-0.2, -0.15) is 0 Å². The molecule has 2 heterocycles. The molecule has 0 aliphatic heterocycles. The maximum absolute atomic E-state index is 9.98. The Bertz CT molecular complexity index is 825. The molecule has 2 aromatic heterocycles. The predicted octanol–water partition coefficient (Wildman–Crippen LogP) is 1.58. The van der Waals surface area contributed by atoms with Gasteiger partial charge in [0.05, 0.1) is 17.6 Å². The molecule has 0 amide bonds. The number of anilines is 1. The summed E-state index contributed by atoms with van der Waals surface area (Å²) in [5, 5.41) is 9.98. The maximum Gasteiger partial charge on any atom is 0.201 e. The summed E-state index contributed by atoms with van der Waals surface area (Å²) >= 11 is 0. The van der Waals surface area contributed by atoms with Crippen molar-refractivity contribution in [1.82, 2.24) is 14.5 Å². The molecule has 0 atom stereocenters. The van der Waals surface area contributed by atoms with Gasteiger partial charge in [0, 0.05) is 5.69 Å². The molecule has 5 N–H and O–H groups in total. The highest BCUT2D eigenvalue weighted by atomic mass is 16.3. The molecular weight excluding hydrogens is 278 g/mol. The average molecular weight is 297 g/mol. The topological polar surface area (TPSA) is 103 Å². The van der Waals surface area contributed by atoms with E-state index in [-0.39, 0.29) is 5.75 Å². The van der Waals surface area contributed by atoms with Gasteiger partial charge in [-0.3, -0.25) is 4.98 Å². The van der Waals surface area contributed by atoms with Gasteiger partial charge in [-0.1, -0.05) is 6.07 Å². The number of rotatable bonds is 4. The lowest BCUT2D eigenvalue weighted by atomic mass is 10.1. The van der Waals surface area contributed by atoms with E-state index in [2.05, 4.69) is 9.97 Å². The first-order valence-corrected chi connectivity index (χ1v) is 7.18. The van der Waals surface area contributed by atoms with Crippen molar-refractivity contribution in [2.45, 2.75) is 19.9 Å². The first-order valence-electron chi connectivity index (χ1n) is 7.18. The smallest absolute Gasteiger partial charge is 0.201 e. The van der Waals surface area contributed by atoms with Crippen molar-refractivity contribution in [2.24, 2.45) is 5.73 Å². The standard InChI is InChI=1S/C16H19N5O/c1-10-2-5-15(22)13(19-10)9-21-14-8-11(6-7-17)3-4-12(14)20-16(21)18/h2-5,8,22H,6-7,9,17H2,1H3,(H2,18,20). The van der Waals surface area contributed by atoms with E-state index in [1.807, 2.05) is 29.7 Å². The van der Waals surface area contributed by atoms with Gasteiger partial charge in [-0.15, -0.1) is 0 Å². The Kier molecular flexibility index (Phi) is 3.68. The Morgan fingerprint density at radius 2 is 2.00 bits per heavy atom. The monoisotopic (exact) mass is 297 g/mol. The van der Waals surface area contributed by atoms with E-state index in [1.54, 1.807) is 12.1 Å². The second-order valence-corrected chi connectivity index (χ2v) is 5.34. The second-order valence-electron chi connectivity index (χ2n) is 5.34. The molecule has 6 nitrogen and oxygen atoms in total. The molecule has 1 aromatic carbocycles. The van der Waals surface area contributed by atoms with Gasteiger partial charge >= 0.3 is 0 Å². The molecule has 0 aliphatic carbocycles. The number of fused-ring (bicyclic) bond motifs is 1. The van der Waals surface area contributed by atoms with Crippen LogP contribution in [-0.2, 0) is 13.0 Å². The van der Waals surface area contributed by atoms with Gasteiger partial charge in [0.1, 0.15) is 11.4 Å². The number of aromatic hydroxyl groups is 1. The molecule has 0 spiro atoms. The first-order chi connectivity index (χ1) is 10.6. The quantitative estimate of drug-likeness (QED) is 0.678. The number of nitrogen functional groups attached to an aromatic ring is 1. The van der Waals surface area contributed by atoms with Crippen LogP contribution >= 0.6 is 0 Å². The van der Waals surface area contributed by atoms with Crippen LogP contribution in [0.5, 0.6) is 5.75 Å². The van der Waals surface area contributed by atoms with E-state index < -0.39 is 0 Å². The van der Waals surface area contributed by atoms with Crippen molar-refractivity contribution in [3.05, 3.63) is 47.3 Å². The van der Waals surface area contributed by atoms with Crippen LogP contribution in [0.4, 0.5) is 5.95 Å². The zero-order valence-corrected chi connectivity index (χ0v) is 12.5. The van der Waals surface area contributed by atoms with E-state index in [9.17, 15) is 5.11 Å². The van der Waals surface area contributed by atoms with Crippen LogP contribution < -0.4 is 11.5 Å². The number of benzene rings is 1. The molecule has 0 radical (unpaired) electrons. The lowest BCUT2D eigenvalue weighted by Crippen LogP contribution is -2.07. The fourth-order valence-corrected chi connectivity index (χ4v) is 2.54. The van der Waals surface area contributed by atoms with Crippen LogP contribution in [0, 0.1) is 6.92 Å². The van der Waals surface area contributed by atoms with Crippen molar-refractivity contribution >= 4 is 17.0 Å². The van der Waals surface area contributed by atoms with Crippen LogP contribution in [0.15, 0.2) is 30.3 Å². The minimum atomic E-state index is 0.157. The molecule has 114 valence electrons. The number of aromatic nitrogens is 3. The lowest BCUT2D eigenvalue weighted by Gasteiger charge is -2.09. The van der Waals surface area contributed by atoms with E-state index in [0.29, 0.717) is 24.7 Å². The Morgan fingerprint density at radius 3 is 2.77 bits per heavy atom. The van der Waals surface area contributed by atoms with Crippen molar-refractivity contribution in [1.29, 1.82) is 0 Å². The summed E-state index contributed by atoms with van der Waals surface area (Å²) in [7, 11) is 0. The van der Waals surface area contributed by atoms with Gasteiger partial charge in [0.25, 0.3) is 0 Å². The lowest BCUT2D eigenvalue weighted by molar-refractivity contribution is 0.461. The number of imidazole rings is 1. The zero-order valence-electron chi connectivity index (χ0n) is 12.5. The number of nitrogens with two attached hydrogens (primary N) is 2. The van der Waals surface area contributed by atoms with Crippen LogP contribution in [-0.4, -0.2) is 26.2 Å². The number of hydrogen-bond acceptors (Lipinski definition) is 5. The van der Waals surface area contributed by atoms with Crippen molar-refractivity contribution in [3.8, 4) is 5.75 Å². The first kappa shape index (κ1) is 14.3. The fourth-order valence-electron chi connectivity index (χ4n) is 2.54. The summed E-state index contributed by atoms with van der Waals surface area (Å²) in [6.45, 7) is 2.86. The van der Waals surface area contributed by atoms with Gasteiger partial charge in [0.2, 0.25) is 5.95 Å². The maximum atomic E-state index is 9.98. The summed E-state index contributed by atoms with van der Waals surface area (Å²) in [6.07, 6.45) is 0.801. The molecule has 6 heteroatoms. The molecule has 0 bridgehead atoms. The Balaban J connectivity index is 2.07. The number of nitrogens with zero attached hydrogens (tertiary/aromatic N) is 3. The highest BCUT2D eigenvalue weighted by molar-refractivity contribution is 5.79. The largest absolute Gasteiger partial charge is 0.506 e. The van der Waals surface area contributed by atoms with E-state index >= 15 is 0 Å². The summed E-state index contributed by atoms with van der Waals surface area (Å²) in [4.78, 5) is 8.74. The molecule has 3 rings (SSSR count). The summed E-state index contributed by atoms with van der Waals surface area (Å²) in [6, 6.07) is 9.41. The normalized spacial score (nSPS) is 11.2. The number of pyridine rings is 1. The molecule has 3 aromatic rings. The van der Waals surface area contributed by atoms with Gasteiger partial charge < -0.3 is 21.1 Å². The minimum absolute atomic E-state index is 0.157.